The highest BCUT2D eigenvalue weighted by Gasteiger charge is 2.16. The van der Waals surface area contributed by atoms with Crippen molar-refractivity contribution in [3.05, 3.63) is 23.7 Å². The number of likely N-dealkylation sites (N-methyl/N-ethyl adjacent to an activating group) is 1. The van der Waals surface area contributed by atoms with E-state index in [1.165, 1.54) is 19.3 Å². The summed E-state index contributed by atoms with van der Waals surface area (Å²) in [5.41, 5.74) is 0. The molecule has 2 rings (SSSR count). The fourth-order valence-electron chi connectivity index (χ4n) is 2.62. The first-order valence-electron chi connectivity index (χ1n) is 7.86. The van der Waals surface area contributed by atoms with Crippen LogP contribution in [0.25, 0.3) is 0 Å². The molecule has 1 aromatic heterocycles. The number of nitrogens with zero attached hydrogens (tertiary/aromatic N) is 1. The molecular formula is C16H28N2O2. The number of nitrogens with one attached hydrogen (secondary N) is 1. The quantitative estimate of drug-likeness (QED) is 0.743. The average Bonchev–Trinajstić information content (AvgIpc) is 2.87. The van der Waals surface area contributed by atoms with E-state index in [1.807, 2.05) is 0 Å². The molecule has 1 N–H and O–H groups in total. The minimum atomic E-state index is 0.398. The van der Waals surface area contributed by atoms with Crippen molar-refractivity contribution in [3.63, 3.8) is 0 Å². The normalized spacial score (nSPS) is 19.6. The smallest absolute Gasteiger partial charge is 0.118 e. The van der Waals surface area contributed by atoms with E-state index in [-0.39, 0.29) is 0 Å². The molecule has 0 bridgehead atoms. The van der Waals surface area contributed by atoms with Gasteiger partial charge in [-0.05, 0) is 51.4 Å². The summed E-state index contributed by atoms with van der Waals surface area (Å²) in [5.74, 6) is 2.06. The lowest BCUT2D eigenvalue weighted by Gasteiger charge is -2.26. The third kappa shape index (κ3) is 5.27. The zero-order valence-electron chi connectivity index (χ0n) is 12.9. The predicted octanol–water partition coefficient (Wildman–Crippen LogP) is 2.78. The van der Waals surface area contributed by atoms with Crippen LogP contribution in [0.5, 0.6) is 0 Å². The van der Waals surface area contributed by atoms with Gasteiger partial charge in [-0.1, -0.05) is 6.92 Å². The minimum absolute atomic E-state index is 0.398. The van der Waals surface area contributed by atoms with Crippen LogP contribution in [0, 0.1) is 0 Å². The highest BCUT2D eigenvalue weighted by atomic mass is 16.5. The molecule has 1 aliphatic rings. The van der Waals surface area contributed by atoms with Crippen LogP contribution < -0.4 is 5.32 Å². The fourth-order valence-corrected chi connectivity index (χ4v) is 2.62. The van der Waals surface area contributed by atoms with Gasteiger partial charge in [-0.25, -0.2) is 0 Å². The maximum absolute atomic E-state index is 5.85. The maximum Gasteiger partial charge on any atom is 0.118 e. The second-order valence-corrected chi connectivity index (χ2v) is 5.73. The van der Waals surface area contributed by atoms with Gasteiger partial charge in [0.05, 0.1) is 19.2 Å². The van der Waals surface area contributed by atoms with Crippen LogP contribution in [-0.4, -0.2) is 37.7 Å². The Bertz CT molecular complexity index is 372. The van der Waals surface area contributed by atoms with Crippen LogP contribution in [0.15, 0.2) is 16.5 Å². The molecule has 4 nitrogen and oxygen atoms in total. The van der Waals surface area contributed by atoms with Gasteiger partial charge in [0.2, 0.25) is 0 Å². The summed E-state index contributed by atoms with van der Waals surface area (Å²) >= 11 is 0. The summed E-state index contributed by atoms with van der Waals surface area (Å²) in [6, 6.07) is 4.16. The summed E-state index contributed by atoms with van der Waals surface area (Å²) in [5, 5.41) is 3.36. The van der Waals surface area contributed by atoms with Gasteiger partial charge in [-0.15, -0.1) is 0 Å². The molecule has 114 valence electrons. The second-order valence-electron chi connectivity index (χ2n) is 5.73. The van der Waals surface area contributed by atoms with Crippen molar-refractivity contribution in [2.45, 2.75) is 51.8 Å². The number of ether oxygens (including phenoxy) is 1. The molecule has 0 aliphatic carbocycles. The molecule has 1 saturated heterocycles. The Morgan fingerprint density at radius 1 is 1.30 bits per heavy atom. The summed E-state index contributed by atoms with van der Waals surface area (Å²) < 4.78 is 11.6. The third-order valence-electron chi connectivity index (χ3n) is 3.66. The van der Waals surface area contributed by atoms with Crippen LogP contribution in [0.3, 0.4) is 0 Å². The fraction of sp³-hybridized carbons (Fsp3) is 0.750. The third-order valence-corrected chi connectivity index (χ3v) is 3.66. The summed E-state index contributed by atoms with van der Waals surface area (Å²) in [6.45, 7) is 6.80. The Morgan fingerprint density at radius 3 is 2.90 bits per heavy atom. The van der Waals surface area contributed by atoms with E-state index in [1.54, 1.807) is 0 Å². The number of hydrogen-bond acceptors (Lipinski definition) is 4. The van der Waals surface area contributed by atoms with E-state index in [2.05, 4.69) is 36.3 Å². The van der Waals surface area contributed by atoms with Crippen molar-refractivity contribution in [1.82, 2.24) is 10.2 Å². The summed E-state index contributed by atoms with van der Waals surface area (Å²) in [6.07, 6.45) is 5.25. The van der Waals surface area contributed by atoms with E-state index >= 15 is 0 Å². The highest BCUT2D eigenvalue weighted by molar-refractivity contribution is 5.07. The second kappa shape index (κ2) is 8.45. The molecule has 1 atom stereocenters. The Hall–Kier alpha value is -0.840. The first-order valence-corrected chi connectivity index (χ1v) is 7.86. The zero-order valence-corrected chi connectivity index (χ0v) is 12.9. The number of hydrogen-bond donors (Lipinski definition) is 1. The van der Waals surface area contributed by atoms with Gasteiger partial charge in [0, 0.05) is 13.2 Å². The van der Waals surface area contributed by atoms with Gasteiger partial charge >= 0.3 is 0 Å². The molecule has 0 spiro atoms. The van der Waals surface area contributed by atoms with Crippen molar-refractivity contribution < 1.29 is 9.15 Å². The van der Waals surface area contributed by atoms with Crippen molar-refractivity contribution >= 4 is 0 Å². The van der Waals surface area contributed by atoms with Crippen molar-refractivity contribution in [1.29, 1.82) is 0 Å². The highest BCUT2D eigenvalue weighted by Crippen LogP contribution is 2.15. The number of furan rings is 1. The Labute approximate surface area is 122 Å². The Morgan fingerprint density at radius 2 is 2.15 bits per heavy atom. The van der Waals surface area contributed by atoms with Crippen LogP contribution >= 0.6 is 0 Å². The average molecular weight is 280 g/mol. The van der Waals surface area contributed by atoms with Crippen molar-refractivity contribution in [3.8, 4) is 0 Å². The van der Waals surface area contributed by atoms with Crippen molar-refractivity contribution in [2.24, 2.45) is 0 Å². The molecule has 2 heterocycles. The van der Waals surface area contributed by atoms with Crippen LogP contribution in [0.2, 0.25) is 0 Å². The summed E-state index contributed by atoms with van der Waals surface area (Å²) in [4.78, 5) is 2.29. The Balaban J connectivity index is 1.71. The predicted molar refractivity (Wildman–Crippen MR) is 80.6 cm³/mol. The van der Waals surface area contributed by atoms with E-state index in [0.717, 1.165) is 50.7 Å². The maximum atomic E-state index is 5.85. The molecule has 0 radical (unpaired) electrons. The molecular weight excluding hydrogens is 252 g/mol. The molecule has 20 heavy (non-hydrogen) atoms. The SMILES string of the molecule is CCCNCc1ccc(CN(C)CC2CCCCO2)o1. The summed E-state index contributed by atoms with van der Waals surface area (Å²) in [7, 11) is 2.13. The lowest BCUT2D eigenvalue weighted by molar-refractivity contribution is -0.00342. The first-order chi connectivity index (χ1) is 9.78. The van der Waals surface area contributed by atoms with Gasteiger partial charge < -0.3 is 14.5 Å². The molecule has 4 heteroatoms. The monoisotopic (exact) mass is 280 g/mol. The molecule has 0 saturated carbocycles. The standard InChI is InChI=1S/C16H28N2O2/c1-3-9-17-11-14-7-8-16(20-14)13-18(2)12-15-6-4-5-10-19-15/h7-8,15,17H,3-6,9-13H2,1-2H3. The van der Waals surface area contributed by atoms with Gasteiger partial charge in [0.15, 0.2) is 0 Å². The molecule has 1 aliphatic heterocycles. The minimum Gasteiger partial charge on any atom is -0.463 e. The van der Waals surface area contributed by atoms with Crippen LogP contribution in [0.1, 0.15) is 44.1 Å². The van der Waals surface area contributed by atoms with Gasteiger partial charge in [-0.3, -0.25) is 4.90 Å². The molecule has 1 unspecified atom stereocenters. The first kappa shape index (κ1) is 15.5. The zero-order chi connectivity index (χ0) is 14.2. The van der Waals surface area contributed by atoms with E-state index in [9.17, 15) is 0 Å². The Kier molecular flexibility index (Phi) is 6.57. The van der Waals surface area contributed by atoms with E-state index in [4.69, 9.17) is 9.15 Å². The largest absolute Gasteiger partial charge is 0.463 e. The van der Waals surface area contributed by atoms with Crippen LogP contribution in [0.4, 0.5) is 0 Å². The number of rotatable bonds is 8. The molecule has 1 fully saturated rings. The van der Waals surface area contributed by atoms with Crippen LogP contribution in [-0.2, 0) is 17.8 Å². The van der Waals surface area contributed by atoms with Gasteiger partial charge in [-0.2, -0.15) is 0 Å². The lowest BCUT2D eigenvalue weighted by atomic mass is 10.1. The molecule has 0 aromatic carbocycles. The van der Waals surface area contributed by atoms with E-state index in [0.29, 0.717) is 6.10 Å². The topological polar surface area (TPSA) is 37.6 Å². The van der Waals surface area contributed by atoms with Gasteiger partial charge in [0.1, 0.15) is 11.5 Å². The van der Waals surface area contributed by atoms with Crippen molar-refractivity contribution in [2.75, 3.05) is 26.7 Å². The molecule has 1 aromatic rings. The molecule has 0 amide bonds. The van der Waals surface area contributed by atoms with Gasteiger partial charge in [0.25, 0.3) is 0 Å². The lowest BCUT2D eigenvalue weighted by Crippen LogP contribution is -2.32. The van der Waals surface area contributed by atoms with E-state index < -0.39 is 0 Å².